The topological polar surface area (TPSA) is 54.6 Å². The molecule has 0 spiro atoms. The van der Waals surface area contributed by atoms with Gasteiger partial charge >= 0.3 is 5.97 Å². The molecule has 0 radical (unpaired) electrons. The van der Waals surface area contributed by atoms with Crippen LogP contribution in [-0.2, 0) is 6.42 Å². The molecule has 0 atom stereocenters. The van der Waals surface area contributed by atoms with Crippen molar-refractivity contribution in [1.82, 2.24) is 9.38 Å². The van der Waals surface area contributed by atoms with Gasteiger partial charge in [-0.2, -0.15) is 0 Å². The molecule has 2 heterocycles. The predicted molar refractivity (Wildman–Crippen MR) is 78.1 cm³/mol. The first-order chi connectivity index (χ1) is 9.63. The number of nitrogens with zero attached hydrogens (tertiary/aromatic N) is 2. The molecule has 0 amide bonds. The van der Waals surface area contributed by atoms with E-state index in [0.29, 0.717) is 5.65 Å². The maximum atomic E-state index is 11.0. The average Bonchev–Trinajstić information content (AvgIpc) is 2.92. The average molecular weight is 329 g/mol. The van der Waals surface area contributed by atoms with E-state index in [4.69, 9.17) is 5.11 Å². The summed E-state index contributed by atoms with van der Waals surface area (Å²) < 4.78 is 3.03. The van der Waals surface area contributed by atoms with Crippen molar-refractivity contribution in [3.05, 3.63) is 57.8 Å². The van der Waals surface area contributed by atoms with Crippen LogP contribution in [0.3, 0.4) is 0 Å². The van der Waals surface area contributed by atoms with Crippen LogP contribution >= 0.6 is 15.9 Å². The molecule has 1 aliphatic rings. The summed E-state index contributed by atoms with van der Waals surface area (Å²) in [7, 11) is 0. The van der Waals surface area contributed by atoms with Gasteiger partial charge in [-0.1, -0.05) is 22.0 Å². The Balaban J connectivity index is 1.96. The number of rotatable bonds is 1. The lowest BCUT2D eigenvalue weighted by Gasteiger charge is -2.01. The van der Waals surface area contributed by atoms with Crippen molar-refractivity contribution in [1.29, 1.82) is 0 Å². The summed E-state index contributed by atoms with van der Waals surface area (Å²) in [5, 5.41) is 9.04. The van der Waals surface area contributed by atoms with Crippen LogP contribution in [0.5, 0.6) is 0 Å². The van der Waals surface area contributed by atoms with Crippen LogP contribution in [0.2, 0.25) is 0 Å². The van der Waals surface area contributed by atoms with Gasteiger partial charge in [-0.3, -0.25) is 0 Å². The Morgan fingerprint density at radius 2 is 2.15 bits per heavy atom. The molecule has 1 N–H and O–H groups in total. The molecule has 0 bridgehead atoms. The zero-order valence-electron chi connectivity index (χ0n) is 10.3. The third-order valence-electron chi connectivity index (χ3n) is 3.65. The zero-order valence-corrected chi connectivity index (χ0v) is 11.9. The molecule has 0 saturated carbocycles. The van der Waals surface area contributed by atoms with E-state index in [0.717, 1.165) is 27.8 Å². The number of aromatic nitrogens is 2. The van der Waals surface area contributed by atoms with Crippen molar-refractivity contribution < 1.29 is 9.90 Å². The van der Waals surface area contributed by atoms with Crippen molar-refractivity contribution >= 4 is 27.5 Å². The van der Waals surface area contributed by atoms with Gasteiger partial charge in [-0.15, -0.1) is 0 Å². The lowest BCUT2D eigenvalue weighted by molar-refractivity contribution is 0.0697. The maximum absolute atomic E-state index is 11.0. The Morgan fingerprint density at radius 3 is 2.95 bits per heavy atom. The fourth-order valence-electron chi connectivity index (χ4n) is 2.73. The van der Waals surface area contributed by atoms with Crippen molar-refractivity contribution in [3.8, 4) is 11.3 Å². The van der Waals surface area contributed by atoms with Gasteiger partial charge in [0.25, 0.3) is 0 Å². The first-order valence-electron chi connectivity index (χ1n) is 6.16. The van der Waals surface area contributed by atoms with E-state index in [1.807, 2.05) is 10.5 Å². The Morgan fingerprint density at radius 1 is 1.30 bits per heavy atom. The summed E-state index contributed by atoms with van der Waals surface area (Å²) >= 11 is 3.48. The minimum Gasteiger partial charge on any atom is -0.478 e. The highest BCUT2D eigenvalue weighted by molar-refractivity contribution is 9.10. The van der Waals surface area contributed by atoms with Crippen LogP contribution in [0.4, 0.5) is 0 Å². The quantitative estimate of drug-likeness (QED) is 0.583. The second kappa shape index (κ2) is 3.93. The Kier molecular flexibility index (Phi) is 2.29. The normalized spacial score (nSPS) is 12.4. The van der Waals surface area contributed by atoms with Gasteiger partial charge in [-0.25, -0.2) is 9.78 Å². The van der Waals surface area contributed by atoms with Crippen LogP contribution in [0, 0.1) is 0 Å². The first kappa shape index (κ1) is 11.7. The Bertz CT molecular complexity index is 883. The van der Waals surface area contributed by atoms with Gasteiger partial charge in [-0.05, 0) is 29.8 Å². The molecular formula is C15H9BrN2O2. The molecule has 4 nitrogen and oxygen atoms in total. The monoisotopic (exact) mass is 328 g/mol. The van der Waals surface area contributed by atoms with E-state index in [1.165, 1.54) is 5.56 Å². The highest BCUT2D eigenvalue weighted by atomic mass is 79.9. The van der Waals surface area contributed by atoms with E-state index in [9.17, 15) is 4.79 Å². The lowest BCUT2D eigenvalue weighted by atomic mass is 10.1. The summed E-state index contributed by atoms with van der Waals surface area (Å²) in [5.74, 6) is -0.931. The van der Waals surface area contributed by atoms with Gasteiger partial charge in [0.15, 0.2) is 0 Å². The van der Waals surface area contributed by atoms with E-state index >= 15 is 0 Å². The van der Waals surface area contributed by atoms with Crippen LogP contribution < -0.4 is 0 Å². The number of fused-ring (bicyclic) bond motifs is 5. The highest BCUT2D eigenvalue weighted by Gasteiger charge is 2.24. The minimum atomic E-state index is -0.931. The van der Waals surface area contributed by atoms with Gasteiger partial charge in [0.2, 0.25) is 0 Å². The van der Waals surface area contributed by atoms with Crippen LogP contribution in [0.25, 0.3) is 16.9 Å². The number of hydrogen-bond donors (Lipinski definition) is 1. The molecule has 20 heavy (non-hydrogen) atoms. The van der Waals surface area contributed by atoms with Crippen molar-refractivity contribution in [3.63, 3.8) is 0 Å². The predicted octanol–water partition coefficient (Wildman–Crippen LogP) is 3.37. The van der Waals surface area contributed by atoms with Gasteiger partial charge in [0, 0.05) is 22.7 Å². The van der Waals surface area contributed by atoms with Crippen molar-refractivity contribution in [2.45, 2.75) is 6.42 Å². The molecule has 0 aliphatic heterocycles. The molecule has 0 fully saturated rings. The number of aromatic carboxylic acids is 1. The number of pyridine rings is 1. The Hall–Kier alpha value is -2.14. The molecule has 1 aromatic carbocycles. The molecule has 3 aromatic rings. The zero-order chi connectivity index (χ0) is 13.9. The summed E-state index contributed by atoms with van der Waals surface area (Å²) in [5.41, 5.74) is 5.39. The third kappa shape index (κ3) is 1.53. The number of imidazole rings is 1. The molecule has 1 aliphatic carbocycles. The van der Waals surface area contributed by atoms with E-state index in [-0.39, 0.29) is 5.56 Å². The Labute approximate surface area is 122 Å². The molecule has 0 unspecified atom stereocenters. The number of benzene rings is 1. The second-order valence-corrected chi connectivity index (χ2v) is 5.75. The number of carboxylic acids is 1. The number of hydrogen-bond acceptors (Lipinski definition) is 2. The molecule has 2 aromatic heterocycles. The van der Waals surface area contributed by atoms with Crippen molar-refractivity contribution in [2.75, 3.05) is 0 Å². The largest absolute Gasteiger partial charge is 0.478 e. The lowest BCUT2D eigenvalue weighted by Crippen LogP contribution is -1.99. The SMILES string of the molecule is O=C(O)c1ccn2c3c(nc2c1)-c1ccc(Br)cc1C3. The third-order valence-corrected chi connectivity index (χ3v) is 4.15. The standard InChI is InChI=1S/C15H9BrN2O2/c16-10-1-2-11-9(5-10)6-12-14(11)17-13-7-8(15(19)20)3-4-18(12)13/h1-5,7H,6H2,(H,19,20). The molecule has 98 valence electrons. The highest BCUT2D eigenvalue weighted by Crippen LogP contribution is 2.37. The van der Waals surface area contributed by atoms with Crippen LogP contribution in [0.1, 0.15) is 21.6 Å². The first-order valence-corrected chi connectivity index (χ1v) is 6.96. The summed E-state index contributed by atoms with van der Waals surface area (Å²) in [6.07, 6.45) is 2.60. The van der Waals surface area contributed by atoms with E-state index < -0.39 is 5.97 Å². The second-order valence-electron chi connectivity index (χ2n) is 4.83. The molecule has 4 rings (SSSR count). The summed E-state index contributed by atoms with van der Waals surface area (Å²) in [6.45, 7) is 0. The maximum Gasteiger partial charge on any atom is 0.335 e. The summed E-state index contributed by atoms with van der Waals surface area (Å²) in [6, 6.07) is 9.38. The van der Waals surface area contributed by atoms with Crippen LogP contribution in [0.15, 0.2) is 41.0 Å². The number of carboxylic acid groups (broad SMARTS) is 1. The van der Waals surface area contributed by atoms with Gasteiger partial charge in [0.1, 0.15) is 5.65 Å². The van der Waals surface area contributed by atoms with Crippen molar-refractivity contribution in [2.24, 2.45) is 0 Å². The molecule has 5 heteroatoms. The van der Waals surface area contributed by atoms with E-state index in [1.54, 1.807) is 18.3 Å². The van der Waals surface area contributed by atoms with Gasteiger partial charge in [0.05, 0.1) is 17.0 Å². The van der Waals surface area contributed by atoms with E-state index in [2.05, 4.69) is 33.0 Å². The molecular weight excluding hydrogens is 320 g/mol. The number of carbonyl (C=O) groups is 1. The van der Waals surface area contributed by atoms with Crippen LogP contribution in [-0.4, -0.2) is 20.5 Å². The molecule has 0 saturated heterocycles. The minimum absolute atomic E-state index is 0.261. The van der Waals surface area contributed by atoms with Gasteiger partial charge < -0.3 is 9.51 Å². The summed E-state index contributed by atoms with van der Waals surface area (Å²) in [4.78, 5) is 15.6. The smallest absolute Gasteiger partial charge is 0.335 e. The number of halogens is 1. The fourth-order valence-corrected chi connectivity index (χ4v) is 3.14. The fraction of sp³-hybridized carbons (Fsp3) is 0.0667.